The third-order valence-electron chi connectivity index (χ3n) is 4.12. The van der Waals surface area contributed by atoms with Gasteiger partial charge in [-0.1, -0.05) is 26.7 Å². The Hall–Kier alpha value is -1.20. The summed E-state index contributed by atoms with van der Waals surface area (Å²) in [5, 5.41) is 4.57. The van der Waals surface area contributed by atoms with Crippen molar-refractivity contribution in [3.05, 3.63) is 16.8 Å². The van der Waals surface area contributed by atoms with Crippen LogP contribution in [-0.4, -0.2) is 22.6 Å². The molecule has 110 valence electrons. The summed E-state index contributed by atoms with van der Waals surface area (Å²) in [6.07, 6.45) is 3.87. The first kappa shape index (κ1) is 15.2. The summed E-state index contributed by atoms with van der Waals surface area (Å²) >= 11 is 1.72. The van der Waals surface area contributed by atoms with Crippen molar-refractivity contribution in [3.8, 4) is 0 Å². The van der Waals surface area contributed by atoms with Crippen molar-refractivity contribution >= 4 is 27.4 Å². The monoisotopic (exact) mass is 292 g/mol. The van der Waals surface area contributed by atoms with Gasteiger partial charge in [0.15, 0.2) is 0 Å². The van der Waals surface area contributed by atoms with Gasteiger partial charge in [-0.3, -0.25) is 0 Å². The highest BCUT2D eigenvalue weighted by molar-refractivity contribution is 7.18. The molecule has 0 aliphatic heterocycles. The summed E-state index contributed by atoms with van der Waals surface area (Å²) in [5.74, 6) is 1.48. The second kappa shape index (κ2) is 6.50. The molecule has 2 heterocycles. The summed E-state index contributed by atoms with van der Waals surface area (Å²) in [7, 11) is 0. The Morgan fingerprint density at radius 1 is 1.25 bits per heavy atom. The smallest absolute Gasteiger partial charge is 0.138 e. The fraction of sp³-hybridized carbons (Fsp3) is 0.600. The average Bonchev–Trinajstić information content (AvgIpc) is 2.74. The topological polar surface area (TPSA) is 63.8 Å². The van der Waals surface area contributed by atoms with Gasteiger partial charge in [-0.2, -0.15) is 0 Å². The molecule has 0 aromatic carbocycles. The first-order valence-electron chi connectivity index (χ1n) is 7.28. The molecule has 0 amide bonds. The average molecular weight is 292 g/mol. The minimum Gasteiger partial charge on any atom is -0.368 e. The maximum absolute atomic E-state index is 6.27. The van der Waals surface area contributed by atoms with Gasteiger partial charge in [-0.15, -0.1) is 11.3 Å². The lowest BCUT2D eigenvalue weighted by Gasteiger charge is -2.21. The fourth-order valence-electron chi connectivity index (χ4n) is 2.59. The van der Waals surface area contributed by atoms with E-state index in [0.29, 0.717) is 5.92 Å². The Morgan fingerprint density at radius 2 is 1.95 bits per heavy atom. The molecule has 1 atom stereocenters. The van der Waals surface area contributed by atoms with E-state index in [1.54, 1.807) is 17.7 Å². The summed E-state index contributed by atoms with van der Waals surface area (Å²) in [6, 6.07) is 0.162. The zero-order valence-corrected chi connectivity index (χ0v) is 13.5. The number of nitrogens with one attached hydrogen (secondary N) is 1. The molecule has 0 fully saturated rings. The van der Waals surface area contributed by atoms with Crippen LogP contribution in [0.4, 0.5) is 5.82 Å². The molecule has 5 heteroatoms. The third kappa shape index (κ3) is 2.94. The first-order chi connectivity index (χ1) is 9.58. The van der Waals surface area contributed by atoms with Crippen LogP contribution < -0.4 is 11.1 Å². The van der Waals surface area contributed by atoms with Crippen LogP contribution in [0.2, 0.25) is 0 Å². The predicted molar refractivity (Wildman–Crippen MR) is 87.4 cm³/mol. The molecule has 20 heavy (non-hydrogen) atoms. The number of anilines is 1. The molecule has 2 rings (SSSR count). The van der Waals surface area contributed by atoms with Crippen molar-refractivity contribution in [3.63, 3.8) is 0 Å². The Kier molecular flexibility index (Phi) is 4.94. The molecule has 2 aromatic rings. The maximum atomic E-state index is 6.27. The van der Waals surface area contributed by atoms with Crippen molar-refractivity contribution in [2.45, 2.75) is 46.6 Å². The molecule has 0 radical (unpaired) electrons. The molecule has 2 aromatic heterocycles. The van der Waals surface area contributed by atoms with E-state index in [9.17, 15) is 0 Å². The minimum atomic E-state index is 0.162. The van der Waals surface area contributed by atoms with Gasteiger partial charge in [0.25, 0.3) is 0 Å². The number of aryl methyl sites for hydroxylation is 2. The first-order valence-corrected chi connectivity index (χ1v) is 8.10. The van der Waals surface area contributed by atoms with Crippen molar-refractivity contribution in [1.82, 2.24) is 9.97 Å². The van der Waals surface area contributed by atoms with E-state index >= 15 is 0 Å². The Bertz CT molecular complexity index is 575. The molecule has 3 N–H and O–H groups in total. The van der Waals surface area contributed by atoms with Gasteiger partial charge in [0.1, 0.15) is 17.0 Å². The zero-order chi connectivity index (χ0) is 14.7. The lowest BCUT2D eigenvalue weighted by molar-refractivity contribution is 0.407. The van der Waals surface area contributed by atoms with Gasteiger partial charge >= 0.3 is 0 Å². The van der Waals surface area contributed by atoms with Crippen LogP contribution in [-0.2, 0) is 0 Å². The van der Waals surface area contributed by atoms with Crippen molar-refractivity contribution < 1.29 is 0 Å². The highest BCUT2D eigenvalue weighted by Crippen LogP contribution is 2.32. The lowest BCUT2D eigenvalue weighted by Crippen LogP contribution is -2.36. The number of nitrogens with zero attached hydrogens (tertiary/aromatic N) is 2. The normalized spacial score (nSPS) is 13.1. The predicted octanol–water partition coefficient (Wildman–Crippen LogP) is 3.48. The van der Waals surface area contributed by atoms with Crippen LogP contribution in [0.25, 0.3) is 10.2 Å². The second-order valence-electron chi connectivity index (χ2n) is 5.31. The van der Waals surface area contributed by atoms with Crippen LogP contribution in [0.15, 0.2) is 6.33 Å². The summed E-state index contributed by atoms with van der Waals surface area (Å²) in [4.78, 5) is 11.1. The van der Waals surface area contributed by atoms with E-state index in [1.807, 2.05) is 0 Å². The lowest BCUT2D eigenvalue weighted by atomic mass is 9.95. The zero-order valence-electron chi connectivity index (χ0n) is 12.7. The van der Waals surface area contributed by atoms with E-state index in [1.165, 1.54) is 10.4 Å². The van der Waals surface area contributed by atoms with E-state index in [2.05, 4.69) is 43.0 Å². The fourth-order valence-corrected chi connectivity index (χ4v) is 3.59. The van der Waals surface area contributed by atoms with E-state index in [0.717, 1.165) is 35.4 Å². The quantitative estimate of drug-likeness (QED) is 0.855. The van der Waals surface area contributed by atoms with Crippen molar-refractivity contribution in [2.24, 2.45) is 11.7 Å². The SMILES string of the molecule is CCC(CC)C(N)CNc1ncnc2sc(C)c(C)c12. The minimum absolute atomic E-state index is 0.162. The highest BCUT2D eigenvalue weighted by Gasteiger charge is 2.16. The molecule has 0 saturated heterocycles. The number of aromatic nitrogens is 2. The van der Waals surface area contributed by atoms with Gasteiger partial charge in [0.2, 0.25) is 0 Å². The molecule has 1 unspecified atom stereocenters. The van der Waals surface area contributed by atoms with Crippen LogP contribution in [0, 0.1) is 19.8 Å². The maximum Gasteiger partial charge on any atom is 0.138 e. The number of rotatable bonds is 6. The van der Waals surface area contributed by atoms with Crippen LogP contribution in [0.5, 0.6) is 0 Å². The number of fused-ring (bicyclic) bond motifs is 1. The van der Waals surface area contributed by atoms with Crippen molar-refractivity contribution in [2.75, 3.05) is 11.9 Å². The third-order valence-corrected chi connectivity index (χ3v) is 5.24. The van der Waals surface area contributed by atoms with E-state index < -0.39 is 0 Å². The number of hydrogen-bond acceptors (Lipinski definition) is 5. The Morgan fingerprint density at radius 3 is 2.60 bits per heavy atom. The van der Waals surface area contributed by atoms with Crippen LogP contribution in [0.1, 0.15) is 37.1 Å². The van der Waals surface area contributed by atoms with Gasteiger partial charge in [-0.25, -0.2) is 9.97 Å². The van der Waals surface area contributed by atoms with E-state index in [-0.39, 0.29) is 6.04 Å². The van der Waals surface area contributed by atoms with Crippen molar-refractivity contribution in [1.29, 1.82) is 0 Å². The number of hydrogen-bond donors (Lipinski definition) is 2. The molecule has 0 aliphatic rings. The second-order valence-corrected chi connectivity index (χ2v) is 6.51. The van der Waals surface area contributed by atoms with Gasteiger partial charge in [-0.05, 0) is 25.3 Å². The molecule has 0 aliphatic carbocycles. The van der Waals surface area contributed by atoms with Gasteiger partial charge in [0, 0.05) is 17.5 Å². The number of thiophene rings is 1. The molecule has 4 nitrogen and oxygen atoms in total. The van der Waals surface area contributed by atoms with Crippen LogP contribution in [0.3, 0.4) is 0 Å². The molecular weight excluding hydrogens is 268 g/mol. The highest BCUT2D eigenvalue weighted by atomic mass is 32.1. The summed E-state index contributed by atoms with van der Waals surface area (Å²) in [6.45, 7) is 9.41. The number of nitrogens with two attached hydrogens (primary N) is 1. The Balaban J connectivity index is 2.18. The molecule has 0 bridgehead atoms. The summed E-state index contributed by atoms with van der Waals surface area (Å²) < 4.78 is 0. The van der Waals surface area contributed by atoms with Crippen LogP contribution >= 0.6 is 11.3 Å². The summed E-state index contributed by atoms with van der Waals surface area (Å²) in [5.41, 5.74) is 7.54. The van der Waals surface area contributed by atoms with Gasteiger partial charge in [0.05, 0.1) is 5.39 Å². The largest absolute Gasteiger partial charge is 0.368 e. The molecular formula is C15H24N4S. The van der Waals surface area contributed by atoms with Gasteiger partial charge < -0.3 is 11.1 Å². The molecule has 0 spiro atoms. The van der Waals surface area contributed by atoms with E-state index in [4.69, 9.17) is 5.73 Å². The standard InChI is InChI=1S/C15H24N4S/c1-5-11(6-2)12(16)7-17-14-13-9(3)10(4)20-15(13)19-8-18-14/h8,11-12H,5-7,16H2,1-4H3,(H,17,18,19). The Labute approximate surface area is 124 Å². The molecule has 0 saturated carbocycles.